The number of amides is 2. The lowest BCUT2D eigenvalue weighted by atomic mass is 9.93. The fraction of sp³-hybridized carbons (Fsp3) is 0.200. The minimum Gasteiger partial charge on any atom is -0.505 e. The Morgan fingerprint density at radius 3 is 1.86 bits per heavy atom. The number of nitrogens with zero attached hydrogens (tertiary/aromatic N) is 2. The summed E-state index contributed by atoms with van der Waals surface area (Å²) >= 11 is 6.66. The van der Waals surface area contributed by atoms with Crippen LogP contribution in [-0.4, -0.2) is 32.0 Å². The number of aromatic nitrogens is 2. The monoisotopic (exact) mass is 672 g/mol. The van der Waals surface area contributed by atoms with Gasteiger partial charge in [0, 0.05) is 52.2 Å². The molecule has 2 amide bonds. The van der Waals surface area contributed by atoms with Crippen LogP contribution in [0.4, 0.5) is 0 Å². The number of carbonyl (C=O) groups excluding carboxylic acids is 2. The van der Waals surface area contributed by atoms with Gasteiger partial charge in [0.15, 0.2) is 0 Å². The van der Waals surface area contributed by atoms with E-state index < -0.39 is 12.1 Å². The molecule has 6 aromatic rings. The Hall–Kier alpha value is -5.47. The third kappa shape index (κ3) is 7.50. The molecule has 4 N–H and O–H groups in total. The van der Waals surface area contributed by atoms with E-state index >= 15 is 0 Å². The molecule has 0 spiro atoms. The van der Waals surface area contributed by atoms with E-state index in [-0.39, 0.29) is 29.7 Å². The largest absolute Gasteiger partial charge is 0.505 e. The number of aromatic hydroxyl groups is 2. The summed E-state index contributed by atoms with van der Waals surface area (Å²) in [7, 11) is 0. The lowest BCUT2D eigenvalue weighted by Gasteiger charge is -2.23. The molecule has 2 heterocycles. The van der Waals surface area contributed by atoms with Crippen LogP contribution < -0.4 is 10.6 Å². The molecule has 2 atom stereocenters. The van der Waals surface area contributed by atoms with Crippen molar-refractivity contribution in [2.24, 2.45) is 0 Å². The summed E-state index contributed by atoms with van der Waals surface area (Å²) in [5, 5.41) is 30.8. The quantitative estimate of drug-likeness (QED) is 0.104. The van der Waals surface area contributed by atoms with Crippen molar-refractivity contribution in [3.05, 3.63) is 142 Å². The molecule has 0 fully saturated rings. The fourth-order valence-electron chi connectivity index (χ4n) is 6.18. The molecule has 2 aromatic heterocycles. The Morgan fingerprint density at radius 1 is 0.694 bits per heavy atom. The van der Waals surface area contributed by atoms with Crippen molar-refractivity contribution in [3.63, 3.8) is 0 Å². The molecule has 6 rings (SSSR count). The highest BCUT2D eigenvalue weighted by atomic mass is 35.5. The van der Waals surface area contributed by atoms with Gasteiger partial charge in [-0.1, -0.05) is 97.4 Å². The zero-order valence-electron chi connectivity index (χ0n) is 27.1. The maximum absolute atomic E-state index is 13.4. The topological polar surface area (TPSA) is 124 Å². The van der Waals surface area contributed by atoms with E-state index in [1.165, 1.54) is 0 Å². The van der Waals surface area contributed by atoms with Crippen LogP contribution in [0.1, 0.15) is 72.5 Å². The van der Waals surface area contributed by atoms with Crippen LogP contribution in [0.15, 0.2) is 109 Å². The maximum atomic E-state index is 13.4. The number of benzene rings is 4. The molecule has 248 valence electrons. The van der Waals surface area contributed by atoms with Crippen LogP contribution in [0.3, 0.4) is 0 Å². The average Bonchev–Trinajstić information content (AvgIpc) is 3.12. The van der Waals surface area contributed by atoms with Crippen LogP contribution in [-0.2, 0) is 16.0 Å². The molecule has 0 bridgehead atoms. The first-order valence-electron chi connectivity index (χ1n) is 16.4. The number of phenols is 2. The molecule has 49 heavy (non-hydrogen) atoms. The highest BCUT2D eigenvalue weighted by Crippen LogP contribution is 2.37. The second kappa shape index (κ2) is 15.2. The Morgan fingerprint density at radius 2 is 1.27 bits per heavy atom. The number of aryl methyl sites for hydroxylation is 1. The van der Waals surface area contributed by atoms with Gasteiger partial charge < -0.3 is 20.8 Å². The van der Waals surface area contributed by atoms with Crippen molar-refractivity contribution in [2.45, 2.75) is 51.1 Å². The lowest BCUT2D eigenvalue weighted by molar-refractivity contribution is -0.122. The molecule has 0 saturated heterocycles. The van der Waals surface area contributed by atoms with Crippen LogP contribution >= 0.6 is 11.6 Å². The van der Waals surface area contributed by atoms with Crippen molar-refractivity contribution >= 4 is 45.2 Å². The van der Waals surface area contributed by atoms with E-state index in [0.717, 1.165) is 27.5 Å². The SMILES string of the molecule is CCCC(=O)NC(c1ccc(Cl)c(CCCC(=O)NC(c2ccccc2)c2ccc3cccnc3c2O)c1)c1ccc2cccnc2c1O. The molecule has 8 nitrogen and oxygen atoms in total. The Bertz CT molecular complexity index is 2120. The minimum absolute atomic E-state index is 0.00858. The number of rotatable bonds is 12. The Labute approximate surface area is 289 Å². The average molecular weight is 673 g/mol. The van der Waals surface area contributed by atoms with Gasteiger partial charge in [0.1, 0.15) is 22.5 Å². The van der Waals surface area contributed by atoms with Crippen molar-refractivity contribution in [2.75, 3.05) is 0 Å². The first-order chi connectivity index (χ1) is 23.8. The summed E-state index contributed by atoms with van der Waals surface area (Å²) in [6.07, 6.45) is 5.49. The van der Waals surface area contributed by atoms with Gasteiger partial charge in [0.05, 0.1) is 12.1 Å². The summed E-state index contributed by atoms with van der Waals surface area (Å²) in [6.45, 7) is 1.94. The van der Waals surface area contributed by atoms with E-state index in [9.17, 15) is 19.8 Å². The highest BCUT2D eigenvalue weighted by molar-refractivity contribution is 6.31. The number of pyridine rings is 2. The summed E-state index contributed by atoms with van der Waals surface area (Å²) < 4.78 is 0. The molecular weight excluding hydrogens is 636 g/mol. The first-order valence-corrected chi connectivity index (χ1v) is 16.8. The molecule has 4 aromatic carbocycles. The Balaban J connectivity index is 1.21. The zero-order chi connectivity index (χ0) is 34.3. The van der Waals surface area contributed by atoms with E-state index in [0.29, 0.717) is 52.9 Å². The third-order valence-corrected chi connectivity index (χ3v) is 9.02. The molecule has 9 heteroatoms. The second-order valence-corrected chi connectivity index (χ2v) is 12.4. The molecule has 0 saturated carbocycles. The van der Waals surface area contributed by atoms with Gasteiger partial charge in [0.25, 0.3) is 0 Å². The lowest BCUT2D eigenvalue weighted by Crippen LogP contribution is -2.29. The van der Waals surface area contributed by atoms with E-state index in [2.05, 4.69) is 20.6 Å². The van der Waals surface area contributed by atoms with Gasteiger partial charge in [-0.3, -0.25) is 19.6 Å². The maximum Gasteiger partial charge on any atom is 0.220 e. The zero-order valence-corrected chi connectivity index (χ0v) is 27.8. The number of nitrogens with one attached hydrogen (secondary N) is 2. The summed E-state index contributed by atoms with van der Waals surface area (Å²) in [5.74, 6) is -0.277. The fourth-order valence-corrected chi connectivity index (χ4v) is 6.39. The number of fused-ring (bicyclic) bond motifs is 2. The second-order valence-electron chi connectivity index (χ2n) is 12.0. The number of phenolic OH excluding ortho intramolecular Hbond substituents is 2. The predicted molar refractivity (Wildman–Crippen MR) is 193 cm³/mol. The van der Waals surface area contributed by atoms with E-state index in [4.69, 9.17) is 11.6 Å². The highest BCUT2D eigenvalue weighted by Gasteiger charge is 2.24. The van der Waals surface area contributed by atoms with Crippen LogP contribution in [0.25, 0.3) is 21.8 Å². The third-order valence-electron chi connectivity index (χ3n) is 8.65. The Kier molecular flexibility index (Phi) is 10.4. The van der Waals surface area contributed by atoms with Gasteiger partial charge in [-0.05, 0) is 54.2 Å². The van der Waals surface area contributed by atoms with Crippen molar-refractivity contribution < 1.29 is 19.8 Å². The minimum atomic E-state index is -0.638. The first kappa shape index (κ1) is 33.4. The van der Waals surface area contributed by atoms with Gasteiger partial charge in [-0.15, -0.1) is 0 Å². The number of hydrogen-bond donors (Lipinski definition) is 4. The normalized spacial score (nSPS) is 12.4. The van der Waals surface area contributed by atoms with Gasteiger partial charge in [0.2, 0.25) is 11.8 Å². The summed E-state index contributed by atoms with van der Waals surface area (Å²) in [4.78, 5) is 35.0. The van der Waals surface area contributed by atoms with Gasteiger partial charge in [-0.25, -0.2) is 0 Å². The molecule has 0 radical (unpaired) electrons. The van der Waals surface area contributed by atoms with E-state index in [1.54, 1.807) is 30.6 Å². The molecular formula is C40H37ClN4O4. The molecule has 0 aliphatic carbocycles. The van der Waals surface area contributed by atoms with Crippen molar-refractivity contribution in [1.82, 2.24) is 20.6 Å². The summed E-state index contributed by atoms with van der Waals surface area (Å²) in [6, 6.07) is 28.6. The number of hydrogen-bond acceptors (Lipinski definition) is 6. The number of halogens is 1. The smallest absolute Gasteiger partial charge is 0.220 e. The van der Waals surface area contributed by atoms with Crippen LogP contribution in [0, 0.1) is 0 Å². The van der Waals surface area contributed by atoms with Crippen LogP contribution in [0.2, 0.25) is 5.02 Å². The van der Waals surface area contributed by atoms with Crippen molar-refractivity contribution in [3.8, 4) is 11.5 Å². The van der Waals surface area contributed by atoms with Gasteiger partial charge >= 0.3 is 0 Å². The van der Waals surface area contributed by atoms with E-state index in [1.807, 2.05) is 85.8 Å². The molecule has 0 aliphatic heterocycles. The molecule has 0 aliphatic rings. The predicted octanol–water partition coefficient (Wildman–Crippen LogP) is 8.08. The number of carbonyl (C=O) groups is 2. The molecule has 2 unspecified atom stereocenters. The van der Waals surface area contributed by atoms with Crippen LogP contribution in [0.5, 0.6) is 11.5 Å². The van der Waals surface area contributed by atoms with Crippen molar-refractivity contribution in [1.29, 1.82) is 0 Å². The van der Waals surface area contributed by atoms with Gasteiger partial charge in [-0.2, -0.15) is 0 Å². The summed E-state index contributed by atoms with van der Waals surface area (Å²) in [5.41, 5.74) is 4.42. The standard InChI is InChI=1S/C40H37ClN4O4/c1-2-9-33(46)44-36(31-20-17-27-14-8-23-43-38(27)40(31)49)29-18-21-32(41)28(24-29)12-6-15-34(47)45-35(25-10-4-3-5-11-25)30-19-16-26-13-7-22-42-37(26)39(30)48/h3-5,7-8,10-11,13-14,16-24,35-36,48-49H,2,6,9,12,15H2,1H3,(H,44,46)(H,45,47).